The Morgan fingerprint density at radius 2 is 2.20 bits per heavy atom. The Labute approximate surface area is 126 Å². The van der Waals surface area contributed by atoms with Crippen LogP contribution in [-0.2, 0) is 0 Å². The van der Waals surface area contributed by atoms with Crippen LogP contribution in [0.25, 0.3) is 0 Å². The number of nitrogens with zero attached hydrogens (tertiary/aromatic N) is 1. The first kappa shape index (κ1) is 14.0. The topological polar surface area (TPSA) is 32.3 Å². The summed E-state index contributed by atoms with van der Waals surface area (Å²) in [6.07, 6.45) is 4.27. The van der Waals surface area contributed by atoms with Crippen LogP contribution in [0.2, 0.25) is 0 Å². The van der Waals surface area contributed by atoms with Crippen molar-refractivity contribution in [1.82, 2.24) is 10.2 Å². The first-order valence-corrected chi connectivity index (χ1v) is 7.96. The number of carbonyl (C=O) groups excluding carboxylic acids is 1. The van der Waals surface area contributed by atoms with Crippen molar-refractivity contribution in [2.75, 3.05) is 13.1 Å². The van der Waals surface area contributed by atoms with Crippen molar-refractivity contribution >= 4 is 21.8 Å². The largest absolute Gasteiger partial charge is 0.334 e. The van der Waals surface area contributed by atoms with E-state index in [1.165, 1.54) is 6.07 Å². The zero-order valence-corrected chi connectivity index (χ0v) is 12.8. The van der Waals surface area contributed by atoms with Crippen molar-refractivity contribution in [3.63, 3.8) is 0 Å². The number of benzene rings is 1. The summed E-state index contributed by atoms with van der Waals surface area (Å²) in [7, 11) is 0. The van der Waals surface area contributed by atoms with Gasteiger partial charge in [-0.15, -0.1) is 0 Å². The Kier molecular flexibility index (Phi) is 4.08. The molecule has 2 unspecified atom stereocenters. The van der Waals surface area contributed by atoms with Gasteiger partial charge < -0.3 is 10.2 Å². The van der Waals surface area contributed by atoms with Crippen LogP contribution in [-0.4, -0.2) is 36.0 Å². The second-order valence-electron chi connectivity index (χ2n) is 5.51. The van der Waals surface area contributed by atoms with Gasteiger partial charge in [0.25, 0.3) is 5.91 Å². The molecule has 0 spiro atoms. The van der Waals surface area contributed by atoms with Crippen LogP contribution in [0.15, 0.2) is 22.7 Å². The Morgan fingerprint density at radius 1 is 1.35 bits per heavy atom. The average Bonchev–Trinajstić information content (AvgIpc) is 3.09. The molecule has 2 saturated heterocycles. The third kappa shape index (κ3) is 2.49. The van der Waals surface area contributed by atoms with Gasteiger partial charge in [-0.25, -0.2) is 4.39 Å². The van der Waals surface area contributed by atoms with Crippen LogP contribution in [0.1, 0.15) is 36.0 Å². The Bertz CT molecular complexity index is 496. The van der Waals surface area contributed by atoms with Gasteiger partial charge >= 0.3 is 0 Å². The summed E-state index contributed by atoms with van der Waals surface area (Å²) < 4.78 is 14.5. The first-order chi connectivity index (χ1) is 9.68. The second kappa shape index (κ2) is 5.82. The minimum atomic E-state index is -0.450. The zero-order valence-electron chi connectivity index (χ0n) is 11.2. The molecular formula is C15H18BrFN2O. The van der Waals surface area contributed by atoms with Crippen LogP contribution >= 0.6 is 15.9 Å². The maximum Gasteiger partial charge on any atom is 0.258 e. The predicted octanol–water partition coefficient (Wildman–Crippen LogP) is 2.94. The van der Waals surface area contributed by atoms with E-state index in [-0.39, 0.29) is 17.5 Å². The lowest BCUT2D eigenvalue weighted by Crippen LogP contribution is -2.46. The van der Waals surface area contributed by atoms with Crippen LogP contribution in [0.4, 0.5) is 4.39 Å². The summed E-state index contributed by atoms with van der Waals surface area (Å²) in [6.45, 7) is 1.75. The molecule has 5 heteroatoms. The average molecular weight is 341 g/mol. The number of hydrogen-bond donors (Lipinski definition) is 1. The Morgan fingerprint density at radius 3 is 2.90 bits per heavy atom. The molecule has 20 heavy (non-hydrogen) atoms. The number of amides is 1. The minimum Gasteiger partial charge on any atom is -0.334 e. The zero-order chi connectivity index (χ0) is 14.1. The molecular weight excluding hydrogens is 323 g/mol. The molecule has 108 valence electrons. The summed E-state index contributed by atoms with van der Waals surface area (Å²) in [4.78, 5) is 14.5. The molecule has 2 aliphatic rings. The van der Waals surface area contributed by atoms with Gasteiger partial charge in [0, 0.05) is 23.1 Å². The molecule has 2 fully saturated rings. The van der Waals surface area contributed by atoms with Gasteiger partial charge in [-0.3, -0.25) is 4.79 Å². The van der Waals surface area contributed by atoms with E-state index in [0.29, 0.717) is 10.5 Å². The van der Waals surface area contributed by atoms with E-state index < -0.39 is 5.82 Å². The quantitative estimate of drug-likeness (QED) is 0.897. The molecule has 1 N–H and O–H groups in total. The number of rotatable bonds is 2. The standard InChI is InChI=1S/C15H18BrFN2O/c16-10-4-1-5-11(17)14(10)15(20)19-9-3-7-13(19)12-6-2-8-18-12/h1,4-5,12-13,18H,2-3,6-9H2. The monoisotopic (exact) mass is 340 g/mol. The summed E-state index contributed by atoms with van der Waals surface area (Å²) in [5.41, 5.74) is 0.164. The van der Waals surface area contributed by atoms with E-state index in [1.54, 1.807) is 12.1 Å². The van der Waals surface area contributed by atoms with Crippen molar-refractivity contribution in [2.45, 2.75) is 37.8 Å². The fourth-order valence-corrected chi connectivity index (χ4v) is 3.86. The first-order valence-electron chi connectivity index (χ1n) is 7.17. The van der Waals surface area contributed by atoms with Crippen molar-refractivity contribution in [3.05, 3.63) is 34.1 Å². The molecule has 3 rings (SSSR count). The number of likely N-dealkylation sites (tertiary alicyclic amines) is 1. The molecule has 0 aliphatic carbocycles. The van der Waals surface area contributed by atoms with Gasteiger partial charge in [0.15, 0.2) is 0 Å². The Balaban J connectivity index is 1.85. The van der Waals surface area contributed by atoms with E-state index in [1.807, 2.05) is 4.90 Å². The molecule has 2 heterocycles. The van der Waals surface area contributed by atoms with E-state index in [4.69, 9.17) is 0 Å². The van der Waals surface area contributed by atoms with Gasteiger partial charge in [0.05, 0.1) is 5.56 Å². The highest BCUT2D eigenvalue weighted by atomic mass is 79.9. The molecule has 1 aromatic carbocycles. The molecule has 1 aromatic rings. The van der Waals surface area contributed by atoms with Crippen LogP contribution in [0, 0.1) is 5.82 Å². The Hall–Kier alpha value is -0.940. The molecule has 0 saturated carbocycles. The minimum absolute atomic E-state index is 0.164. The van der Waals surface area contributed by atoms with Crippen LogP contribution in [0.5, 0.6) is 0 Å². The second-order valence-corrected chi connectivity index (χ2v) is 6.36. The lowest BCUT2D eigenvalue weighted by molar-refractivity contribution is 0.0705. The van der Waals surface area contributed by atoms with Gasteiger partial charge in [0.2, 0.25) is 0 Å². The van der Waals surface area contributed by atoms with E-state index >= 15 is 0 Å². The summed E-state index contributed by atoms with van der Waals surface area (Å²) >= 11 is 3.30. The van der Waals surface area contributed by atoms with E-state index in [0.717, 1.165) is 38.8 Å². The van der Waals surface area contributed by atoms with Crippen molar-refractivity contribution < 1.29 is 9.18 Å². The summed E-state index contributed by atoms with van der Waals surface area (Å²) in [5.74, 6) is -0.638. The maximum atomic E-state index is 14.0. The highest BCUT2D eigenvalue weighted by molar-refractivity contribution is 9.10. The molecule has 0 bridgehead atoms. The number of halogens is 2. The van der Waals surface area contributed by atoms with Crippen LogP contribution in [0.3, 0.4) is 0 Å². The lowest BCUT2D eigenvalue weighted by atomic mass is 10.0. The SMILES string of the molecule is O=C(c1c(F)cccc1Br)N1CCCC1C1CCCN1. The number of nitrogens with one attached hydrogen (secondary N) is 1. The molecule has 1 amide bonds. The molecule has 0 radical (unpaired) electrons. The van der Waals surface area contributed by atoms with Gasteiger partial charge in [-0.05, 0) is 60.3 Å². The van der Waals surface area contributed by atoms with Gasteiger partial charge in [-0.2, -0.15) is 0 Å². The van der Waals surface area contributed by atoms with Crippen molar-refractivity contribution in [3.8, 4) is 0 Å². The maximum absolute atomic E-state index is 14.0. The van der Waals surface area contributed by atoms with Gasteiger partial charge in [0.1, 0.15) is 5.82 Å². The number of carbonyl (C=O) groups is 1. The number of hydrogen-bond acceptors (Lipinski definition) is 2. The summed E-state index contributed by atoms with van der Waals surface area (Å²) in [5, 5.41) is 3.46. The van der Waals surface area contributed by atoms with E-state index in [9.17, 15) is 9.18 Å². The van der Waals surface area contributed by atoms with Crippen molar-refractivity contribution in [1.29, 1.82) is 0 Å². The highest BCUT2D eigenvalue weighted by Gasteiger charge is 2.37. The lowest BCUT2D eigenvalue weighted by Gasteiger charge is -2.30. The normalized spacial score (nSPS) is 26.2. The third-order valence-electron chi connectivity index (χ3n) is 4.30. The fourth-order valence-electron chi connectivity index (χ4n) is 3.35. The molecule has 2 atom stereocenters. The van der Waals surface area contributed by atoms with Crippen molar-refractivity contribution in [2.24, 2.45) is 0 Å². The smallest absolute Gasteiger partial charge is 0.258 e. The highest BCUT2D eigenvalue weighted by Crippen LogP contribution is 2.29. The molecule has 2 aliphatic heterocycles. The van der Waals surface area contributed by atoms with Crippen LogP contribution < -0.4 is 5.32 Å². The van der Waals surface area contributed by atoms with E-state index in [2.05, 4.69) is 21.2 Å². The molecule has 3 nitrogen and oxygen atoms in total. The third-order valence-corrected chi connectivity index (χ3v) is 4.96. The summed E-state index contributed by atoms with van der Waals surface area (Å²) in [6, 6.07) is 5.24. The van der Waals surface area contributed by atoms with Gasteiger partial charge in [-0.1, -0.05) is 6.07 Å². The molecule has 0 aromatic heterocycles. The predicted molar refractivity (Wildman–Crippen MR) is 79.2 cm³/mol. The fraction of sp³-hybridized carbons (Fsp3) is 0.533.